The number of nitrogens with one attached hydrogen (secondary N) is 1. The Balaban J connectivity index is 2.47. The van der Waals surface area contributed by atoms with Crippen LogP contribution >= 0.6 is 15.9 Å². The van der Waals surface area contributed by atoms with Crippen LogP contribution in [0.1, 0.15) is 31.1 Å². The van der Waals surface area contributed by atoms with Crippen molar-refractivity contribution in [3.05, 3.63) is 33.7 Å². The van der Waals surface area contributed by atoms with Crippen LogP contribution in [-0.4, -0.2) is 9.78 Å². The minimum atomic E-state index is -0.283. The van der Waals surface area contributed by atoms with Crippen molar-refractivity contribution in [3.8, 4) is 0 Å². The Morgan fingerprint density at radius 3 is 2.60 bits per heavy atom. The number of aryl methyl sites for hydroxylation is 2. The largest absolute Gasteiger partial charge is 0.394 e. The van der Waals surface area contributed by atoms with Crippen molar-refractivity contribution in [1.82, 2.24) is 9.78 Å². The van der Waals surface area contributed by atoms with Crippen molar-refractivity contribution in [3.63, 3.8) is 0 Å². The van der Waals surface area contributed by atoms with Gasteiger partial charge in [0.05, 0.1) is 15.9 Å². The average Bonchev–Trinajstić information content (AvgIpc) is 2.64. The maximum Gasteiger partial charge on any atom is 0.152 e. The first kappa shape index (κ1) is 14.8. The number of hydrogen-bond acceptors (Lipinski definition) is 3. The van der Waals surface area contributed by atoms with Gasteiger partial charge in [-0.3, -0.25) is 0 Å². The van der Waals surface area contributed by atoms with E-state index in [1.807, 2.05) is 32.4 Å². The van der Waals surface area contributed by atoms with E-state index in [-0.39, 0.29) is 11.9 Å². The van der Waals surface area contributed by atoms with E-state index in [1.165, 1.54) is 6.07 Å². The predicted octanol–water partition coefficient (Wildman–Crippen LogP) is 4.31. The van der Waals surface area contributed by atoms with E-state index >= 15 is 0 Å². The summed E-state index contributed by atoms with van der Waals surface area (Å²) in [5, 5.41) is 7.68. The molecule has 0 aliphatic rings. The van der Waals surface area contributed by atoms with E-state index in [4.69, 9.17) is 5.73 Å². The van der Waals surface area contributed by atoms with Crippen LogP contribution in [0.5, 0.6) is 0 Å². The molecule has 0 saturated carbocycles. The molecule has 3 N–H and O–H groups in total. The number of nitrogens with zero attached hydrogens (tertiary/aromatic N) is 2. The minimum Gasteiger partial charge on any atom is -0.394 e. The van der Waals surface area contributed by atoms with Gasteiger partial charge in [-0.2, -0.15) is 5.10 Å². The first-order chi connectivity index (χ1) is 9.31. The summed E-state index contributed by atoms with van der Waals surface area (Å²) in [6.07, 6.45) is 0. The van der Waals surface area contributed by atoms with E-state index in [9.17, 15) is 4.39 Å². The van der Waals surface area contributed by atoms with Crippen LogP contribution in [0.2, 0.25) is 0 Å². The molecule has 20 heavy (non-hydrogen) atoms. The number of rotatable bonds is 3. The van der Waals surface area contributed by atoms with Gasteiger partial charge in [-0.05, 0) is 61.3 Å². The second kappa shape index (κ2) is 5.44. The molecule has 0 fully saturated rings. The zero-order chi connectivity index (χ0) is 15.0. The van der Waals surface area contributed by atoms with Crippen LogP contribution < -0.4 is 11.1 Å². The number of anilines is 3. The highest BCUT2D eigenvalue weighted by Gasteiger charge is 2.16. The average molecular weight is 341 g/mol. The summed E-state index contributed by atoms with van der Waals surface area (Å²) < 4.78 is 15.7. The topological polar surface area (TPSA) is 55.9 Å². The zero-order valence-corrected chi connectivity index (χ0v) is 13.5. The molecule has 0 aliphatic heterocycles. The molecule has 1 aromatic heterocycles. The van der Waals surface area contributed by atoms with Gasteiger partial charge in [0, 0.05) is 11.7 Å². The lowest BCUT2D eigenvalue weighted by Gasteiger charge is -2.15. The van der Waals surface area contributed by atoms with Gasteiger partial charge in [0.2, 0.25) is 0 Å². The Morgan fingerprint density at radius 2 is 2.00 bits per heavy atom. The van der Waals surface area contributed by atoms with Gasteiger partial charge in [0.25, 0.3) is 0 Å². The number of halogens is 2. The molecule has 0 amide bonds. The highest BCUT2D eigenvalue weighted by molar-refractivity contribution is 9.10. The lowest BCUT2D eigenvalue weighted by molar-refractivity contribution is 0.536. The van der Waals surface area contributed by atoms with Gasteiger partial charge in [-0.15, -0.1) is 0 Å². The normalized spacial score (nSPS) is 11.2. The maximum absolute atomic E-state index is 13.5. The second-order valence-corrected chi connectivity index (χ2v) is 5.95. The molecule has 2 rings (SSSR count). The van der Waals surface area contributed by atoms with E-state index in [2.05, 4.69) is 26.3 Å². The van der Waals surface area contributed by atoms with Crippen molar-refractivity contribution >= 4 is 33.1 Å². The van der Waals surface area contributed by atoms with Crippen molar-refractivity contribution in [1.29, 1.82) is 0 Å². The van der Waals surface area contributed by atoms with Crippen LogP contribution in [0.4, 0.5) is 21.6 Å². The summed E-state index contributed by atoms with van der Waals surface area (Å²) >= 11 is 3.20. The molecule has 0 unspecified atom stereocenters. The Morgan fingerprint density at radius 1 is 1.35 bits per heavy atom. The van der Waals surface area contributed by atoms with E-state index < -0.39 is 0 Å². The Labute approximate surface area is 126 Å². The fourth-order valence-corrected chi connectivity index (χ4v) is 2.31. The fraction of sp³-hybridized carbons (Fsp3) is 0.357. The fourth-order valence-electron chi connectivity index (χ4n) is 1.97. The monoisotopic (exact) mass is 340 g/mol. The summed E-state index contributed by atoms with van der Waals surface area (Å²) in [6, 6.07) is 3.36. The summed E-state index contributed by atoms with van der Waals surface area (Å²) in [5.41, 5.74) is 9.07. The quantitative estimate of drug-likeness (QED) is 0.875. The van der Waals surface area contributed by atoms with Gasteiger partial charge < -0.3 is 11.1 Å². The second-order valence-electron chi connectivity index (χ2n) is 5.09. The SMILES string of the molecule is Cc1cc(F)c(Br)cc1Nc1c(N)c(C)nn1C(C)C. The van der Waals surface area contributed by atoms with Crippen molar-refractivity contribution < 1.29 is 4.39 Å². The molecule has 0 aliphatic carbocycles. The molecule has 1 heterocycles. The van der Waals surface area contributed by atoms with Gasteiger partial charge in [-0.25, -0.2) is 9.07 Å². The number of benzene rings is 1. The number of aromatic nitrogens is 2. The standard InChI is InChI=1S/C14H18BrFN4/c1-7(2)20-14(13(17)9(4)19-20)18-12-6-10(15)11(16)5-8(12)3/h5-7,18H,17H2,1-4H3. The highest BCUT2D eigenvalue weighted by atomic mass is 79.9. The van der Waals surface area contributed by atoms with Crippen LogP contribution in [0.15, 0.2) is 16.6 Å². The van der Waals surface area contributed by atoms with Crippen LogP contribution in [0.3, 0.4) is 0 Å². The van der Waals surface area contributed by atoms with Crippen LogP contribution in [0.25, 0.3) is 0 Å². The first-order valence-electron chi connectivity index (χ1n) is 6.38. The van der Waals surface area contributed by atoms with Gasteiger partial charge in [0.1, 0.15) is 5.82 Å². The third-order valence-corrected chi connectivity index (χ3v) is 3.75. The highest BCUT2D eigenvalue weighted by Crippen LogP contribution is 2.32. The molecular weight excluding hydrogens is 323 g/mol. The van der Waals surface area contributed by atoms with E-state index in [0.29, 0.717) is 10.2 Å². The van der Waals surface area contributed by atoms with Gasteiger partial charge in [-0.1, -0.05) is 0 Å². The third-order valence-electron chi connectivity index (χ3n) is 3.14. The third kappa shape index (κ3) is 2.65. The zero-order valence-electron chi connectivity index (χ0n) is 12.0. The summed E-state index contributed by atoms with van der Waals surface area (Å²) in [4.78, 5) is 0. The molecule has 0 radical (unpaired) electrons. The lowest BCUT2D eigenvalue weighted by Crippen LogP contribution is -2.08. The molecule has 0 saturated heterocycles. The van der Waals surface area contributed by atoms with Gasteiger partial charge >= 0.3 is 0 Å². The molecule has 4 nitrogen and oxygen atoms in total. The van der Waals surface area contributed by atoms with Crippen molar-refractivity contribution in [2.75, 3.05) is 11.1 Å². The molecular formula is C14H18BrFN4. The maximum atomic E-state index is 13.5. The van der Waals surface area contributed by atoms with E-state index in [1.54, 1.807) is 6.07 Å². The molecule has 0 spiro atoms. The summed E-state index contributed by atoms with van der Waals surface area (Å²) in [7, 11) is 0. The predicted molar refractivity (Wildman–Crippen MR) is 83.9 cm³/mol. The molecule has 108 valence electrons. The number of nitrogen functional groups attached to an aromatic ring is 1. The lowest BCUT2D eigenvalue weighted by atomic mass is 10.2. The van der Waals surface area contributed by atoms with Crippen molar-refractivity contribution in [2.24, 2.45) is 0 Å². The van der Waals surface area contributed by atoms with Crippen LogP contribution in [-0.2, 0) is 0 Å². The first-order valence-corrected chi connectivity index (χ1v) is 7.17. The Hall–Kier alpha value is -1.56. The number of nitrogens with two attached hydrogens (primary N) is 1. The van der Waals surface area contributed by atoms with Crippen molar-refractivity contribution in [2.45, 2.75) is 33.7 Å². The molecule has 6 heteroatoms. The summed E-state index contributed by atoms with van der Waals surface area (Å²) in [5.74, 6) is 0.452. The molecule has 1 aromatic carbocycles. The molecule has 0 bridgehead atoms. The molecule has 2 aromatic rings. The smallest absolute Gasteiger partial charge is 0.152 e. The Bertz CT molecular complexity index is 649. The Kier molecular flexibility index (Phi) is 4.04. The van der Waals surface area contributed by atoms with Crippen LogP contribution in [0, 0.1) is 19.7 Å². The minimum absolute atomic E-state index is 0.178. The molecule has 0 atom stereocenters. The van der Waals surface area contributed by atoms with E-state index in [0.717, 1.165) is 22.8 Å². The van der Waals surface area contributed by atoms with Gasteiger partial charge in [0.15, 0.2) is 5.82 Å². The summed E-state index contributed by atoms with van der Waals surface area (Å²) in [6.45, 7) is 7.78. The number of hydrogen-bond donors (Lipinski definition) is 2.